The van der Waals surface area contributed by atoms with E-state index >= 15 is 0 Å². The minimum Gasteiger partial charge on any atom is -0.393 e. The predicted octanol–water partition coefficient (Wildman–Crippen LogP) is 3.99. The maximum Gasteiger partial charge on any atom is 0.0918 e. The molecule has 1 aromatic carbocycles. The molecule has 0 spiro atoms. The molecule has 3 nitrogen and oxygen atoms in total. The van der Waals surface area contributed by atoms with Gasteiger partial charge in [0.05, 0.1) is 18.1 Å². The van der Waals surface area contributed by atoms with Gasteiger partial charge in [0.25, 0.3) is 0 Å². The molecule has 0 atom stereocenters. The molecule has 1 aromatic rings. The Labute approximate surface area is 130 Å². The van der Waals surface area contributed by atoms with Crippen molar-refractivity contribution in [3.05, 3.63) is 26.6 Å². The monoisotopic (exact) mass is 386 g/mol. The summed E-state index contributed by atoms with van der Waals surface area (Å²) in [5.74, 6) is 0. The van der Waals surface area contributed by atoms with Gasteiger partial charge in [0.2, 0.25) is 0 Å². The number of hydrogen-bond donors (Lipinski definition) is 1. The summed E-state index contributed by atoms with van der Waals surface area (Å²) in [6.07, 6.45) is 5.78. The van der Waals surface area contributed by atoms with Crippen LogP contribution in [0.4, 0.5) is 5.69 Å². The summed E-state index contributed by atoms with van der Waals surface area (Å²) in [4.78, 5) is 6.89. The number of rotatable bonds is 1. The number of aliphatic imine (C=N–C) groups is 1. The van der Waals surface area contributed by atoms with E-state index in [9.17, 15) is 5.11 Å². The first kappa shape index (κ1) is 13.6. The van der Waals surface area contributed by atoms with Crippen LogP contribution in [0, 0.1) is 0 Å². The second kappa shape index (κ2) is 5.54. The number of halogens is 2. The average molecular weight is 388 g/mol. The molecule has 1 heterocycles. The van der Waals surface area contributed by atoms with Crippen molar-refractivity contribution in [1.29, 1.82) is 0 Å². The number of hydrogen-bond acceptors (Lipinski definition) is 3. The Morgan fingerprint density at radius 1 is 1.16 bits per heavy atom. The Morgan fingerprint density at radius 3 is 2.63 bits per heavy atom. The summed E-state index contributed by atoms with van der Waals surface area (Å²) < 4.78 is 2.11. The number of fused-ring (bicyclic) bond motifs is 1. The molecule has 1 saturated carbocycles. The fourth-order valence-electron chi connectivity index (χ4n) is 2.87. The molecule has 0 aromatic heterocycles. The zero-order chi connectivity index (χ0) is 13.4. The third-order valence-electron chi connectivity index (χ3n) is 3.93. The van der Waals surface area contributed by atoms with E-state index in [1.165, 1.54) is 5.56 Å². The second-order valence-electron chi connectivity index (χ2n) is 5.27. The predicted molar refractivity (Wildman–Crippen MR) is 83.8 cm³/mol. The first-order chi connectivity index (χ1) is 9.13. The van der Waals surface area contributed by atoms with Crippen LogP contribution in [0.2, 0.25) is 0 Å². The maximum atomic E-state index is 9.59. The molecule has 2 aliphatic rings. The fraction of sp³-hybridized carbons (Fsp3) is 0.500. The third-order valence-corrected chi connectivity index (χ3v) is 4.99. The minimum absolute atomic E-state index is 0.103. The molecule has 1 aliphatic carbocycles. The SMILES string of the molecule is OC1CCC(N2C=Nc3c(Br)cc(Br)cc3C2)CC1. The molecule has 0 unspecified atom stereocenters. The van der Waals surface area contributed by atoms with Gasteiger partial charge >= 0.3 is 0 Å². The number of nitrogens with zero attached hydrogens (tertiary/aromatic N) is 2. The molecular weight excluding hydrogens is 372 g/mol. The van der Waals surface area contributed by atoms with E-state index in [0.29, 0.717) is 6.04 Å². The Hall–Kier alpha value is -0.390. The van der Waals surface area contributed by atoms with Gasteiger partial charge in [-0.05, 0) is 59.3 Å². The molecule has 19 heavy (non-hydrogen) atoms. The second-order valence-corrected chi connectivity index (χ2v) is 7.04. The molecule has 3 rings (SSSR count). The van der Waals surface area contributed by atoms with Crippen LogP contribution in [0.3, 0.4) is 0 Å². The number of benzene rings is 1. The van der Waals surface area contributed by atoms with Gasteiger partial charge in [0.1, 0.15) is 0 Å². The van der Waals surface area contributed by atoms with Crippen LogP contribution in [-0.2, 0) is 6.54 Å². The highest BCUT2D eigenvalue weighted by molar-refractivity contribution is 9.11. The summed E-state index contributed by atoms with van der Waals surface area (Å²) in [6, 6.07) is 4.68. The van der Waals surface area contributed by atoms with Crippen molar-refractivity contribution in [2.24, 2.45) is 4.99 Å². The fourth-order valence-corrected chi connectivity index (χ4v) is 4.28. The van der Waals surface area contributed by atoms with E-state index in [1.807, 2.05) is 12.4 Å². The van der Waals surface area contributed by atoms with Gasteiger partial charge in [-0.2, -0.15) is 0 Å². The van der Waals surface area contributed by atoms with Gasteiger partial charge in [-0.1, -0.05) is 15.9 Å². The molecule has 1 aliphatic heterocycles. The molecular formula is C14H16Br2N2O. The Kier molecular flexibility index (Phi) is 3.96. The van der Waals surface area contributed by atoms with Gasteiger partial charge < -0.3 is 10.0 Å². The highest BCUT2D eigenvalue weighted by atomic mass is 79.9. The molecule has 0 radical (unpaired) electrons. The standard InChI is InChI=1S/C14H16Br2N2O/c15-10-5-9-7-18(8-17-14(9)13(16)6-10)11-1-3-12(19)4-2-11/h5-6,8,11-12,19H,1-4,7H2. The summed E-state index contributed by atoms with van der Waals surface area (Å²) in [5.41, 5.74) is 2.28. The first-order valence-electron chi connectivity index (χ1n) is 6.59. The summed E-state index contributed by atoms with van der Waals surface area (Å²) in [7, 11) is 0. The van der Waals surface area contributed by atoms with E-state index in [0.717, 1.165) is 46.9 Å². The van der Waals surface area contributed by atoms with Crippen LogP contribution in [0.25, 0.3) is 0 Å². The number of aliphatic hydroxyl groups is 1. The van der Waals surface area contributed by atoms with E-state index in [2.05, 4.69) is 47.8 Å². The highest BCUT2D eigenvalue weighted by Crippen LogP contribution is 2.37. The van der Waals surface area contributed by atoms with Gasteiger partial charge in [-0.15, -0.1) is 0 Å². The lowest BCUT2D eigenvalue weighted by Gasteiger charge is -2.36. The first-order valence-corrected chi connectivity index (χ1v) is 8.18. The molecule has 1 fully saturated rings. The van der Waals surface area contributed by atoms with Gasteiger partial charge in [0.15, 0.2) is 0 Å². The lowest BCUT2D eigenvalue weighted by Crippen LogP contribution is -2.38. The van der Waals surface area contributed by atoms with Crippen molar-refractivity contribution in [3.8, 4) is 0 Å². The van der Waals surface area contributed by atoms with Crippen molar-refractivity contribution >= 4 is 43.9 Å². The van der Waals surface area contributed by atoms with Crippen LogP contribution in [0.5, 0.6) is 0 Å². The third kappa shape index (κ3) is 2.88. The van der Waals surface area contributed by atoms with Gasteiger partial charge in [-0.25, -0.2) is 4.99 Å². The van der Waals surface area contributed by atoms with Crippen molar-refractivity contribution in [2.45, 2.75) is 44.4 Å². The highest BCUT2D eigenvalue weighted by Gasteiger charge is 2.26. The minimum atomic E-state index is -0.103. The van der Waals surface area contributed by atoms with Crippen LogP contribution in [-0.4, -0.2) is 28.5 Å². The van der Waals surface area contributed by atoms with E-state index in [4.69, 9.17) is 0 Å². The zero-order valence-electron chi connectivity index (χ0n) is 10.5. The Morgan fingerprint density at radius 2 is 1.89 bits per heavy atom. The Balaban J connectivity index is 1.79. The maximum absolute atomic E-state index is 9.59. The smallest absolute Gasteiger partial charge is 0.0918 e. The molecule has 0 saturated heterocycles. The molecule has 5 heteroatoms. The quantitative estimate of drug-likeness (QED) is 0.790. The Bertz CT molecular complexity index is 510. The normalized spacial score (nSPS) is 26.4. The van der Waals surface area contributed by atoms with Gasteiger partial charge in [0, 0.05) is 21.5 Å². The van der Waals surface area contributed by atoms with E-state index in [1.54, 1.807) is 0 Å². The average Bonchev–Trinajstić information content (AvgIpc) is 2.38. The lowest BCUT2D eigenvalue weighted by molar-refractivity contribution is 0.0961. The van der Waals surface area contributed by atoms with Crippen molar-refractivity contribution in [1.82, 2.24) is 4.90 Å². The van der Waals surface area contributed by atoms with Crippen LogP contribution in [0.1, 0.15) is 31.2 Å². The summed E-state index contributed by atoms with van der Waals surface area (Å²) in [6.45, 7) is 0.900. The summed E-state index contributed by atoms with van der Waals surface area (Å²) >= 11 is 7.09. The van der Waals surface area contributed by atoms with Crippen LogP contribution >= 0.6 is 31.9 Å². The molecule has 102 valence electrons. The zero-order valence-corrected chi connectivity index (χ0v) is 13.7. The number of aliphatic hydroxyl groups excluding tert-OH is 1. The van der Waals surface area contributed by atoms with E-state index < -0.39 is 0 Å². The van der Waals surface area contributed by atoms with Crippen LogP contribution < -0.4 is 0 Å². The van der Waals surface area contributed by atoms with Crippen molar-refractivity contribution in [2.75, 3.05) is 0 Å². The topological polar surface area (TPSA) is 35.8 Å². The van der Waals surface area contributed by atoms with Crippen LogP contribution in [0.15, 0.2) is 26.1 Å². The van der Waals surface area contributed by atoms with Crippen molar-refractivity contribution in [3.63, 3.8) is 0 Å². The van der Waals surface area contributed by atoms with Crippen molar-refractivity contribution < 1.29 is 5.11 Å². The molecule has 0 bridgehead atoms. The largest absolute Gasteiger partial charge is 0.393 e. The lowest BCUT2D eigenvalue weighted by atomic mass is 9.91. The molecule has 0 amide bonds. The van der Waals surface area contributed by atoms with Gasteiger partial charge in [-0.3, -0.25) is 0 Å². The summed E-state index contributed by atoms with van der Waals surface area (Å²) in [5, 5.41) is 9.59. The molecule has 1 N–H and O–H groups in total. The van der Waals surface area contributed by atoms with E-state index in [-0.39, 0.29) is 6.10 Å².